The van der Waals surface area contributed by atoms with E-state index in [0.29, 0.717) is 29.1 Å². The van der Waals surface area contributed by atoms with Gasteiger partial charge in [0.05, 0.1) is 30.0 Å². The van der Waals surface area contributed by atoms with Crippen molar-refractivity contribution in [2.45, 2.75) is 37.8 Å². The fraction of sp³-hybridized carbons (Fsp3) is 0.389. The van der Waals surface area contributed by atoms with Crippen LogP contribution >= 0.6 is 0 Å². The summed E-state index contributed by atoms with van der Waals surface area (Å²) < 4.78 is 30.5. The Kier molecular flexibility index (Phi) is 5.41. The minimum absolute atomic E-state index is 0.157. The predicted molar refractivity (Wildman–Crippen MR) is 103 cm³/mol. The van der Waals surface area contributed by atoms with E-state index in [9.17, 15) is 18.0 Å². The zero-order chi connectivity index (χ0) is 20.5. The molecular weight excluding hydrogens is 384 g/mol. The molecule has 1 aliphatic rings. The number of methoxy groups -OCH3 is 1. The second kappa shape index (κ2) is 7.63. The average Bonchev–Trinajstić information content (AvgIpc) is 3.14. The highest BCUT2D eigenvalue weighted by Gasteiger charge is 2.34. The van der Waals surface area contributed by atoms with Crippen molar-refractivity contribution in [2.75, 3.05) is 12.4 Å². The Morgan fingerprint density at radius 3 is 2.50 bits per heavy atom. The van der Waals surface area contributed by atoms with Crippen molar-refractivity contribution < 1.29 is 22.7 Å². The smallest absolute Gasteiger partial charge is 0.314 e. The molecule has 0 bridgehead atoms. The Bertz CT molecular complexity index is 1010. The van der Waals surface area contributed by atoms with Crippen LogP contribution in [0.2, 0.25) is 0 Å². The molecule has 10 heteroatoms. The summed E-state index contributed by atoms with van der Waals surface area (Å²) in [6.45, 7) is 3.68. The highest BCUT2D eigenvalue weighted by molar-refractivity contribution is 7.90. The molecular formula is C18H22N4O5S. The van der Waals surface area contributed by atoms with E-state index in [4.69, 9.17) is 4.74 Å². The Balaban J connectivity index is 1.96. The van der Waals surface area contributed by atoms with Crippen molar-refractivity contribution in [2.24, 2.45) is 0 Å². The van der Waals surface area contributed by atoms with Crippen LogP contribution in [0.3, 0.4) is 0 Å². The average molecular weight is 406 g/mol. The minimum Gasteiger partial charge on any atom is -0.497 e. The van der Waals surface area contributed by atoms with Crippen LogP contribution in [-0.2, 0) is 30.9 Å². The lowest BCUT2D eigenvalue weighted by molar-refractivity contribution is -0.136. The normalized spacial score (nSPS) is 15.5. The maximum atomic E-state index is 12.4. The Morgan fingerprint density at radius 1 is 1.21 bits per heavy atom. The number of benzene rings is 1. The molecule has 0 aliphatic carbocycles. The molecule has 3 rings (SSSR count). The number of carbonyl (C=O) groups is 2. The summed E-state index contributed by atoms with van der Waals surface area (Å²) in [4.78, 5) is 24.5. The molecule has 1 aliphatic heterocycles. The molecule has 1 aromatic carbocycles. The van der Waals surface area contributed by atoms with Crippen LogP contribution in [0.4, 0.5) is 5.82 Å². The Labute approximate surface area is 163 Å². The zero-order valence-electron chi connectivity index (χ0n) is 15.9. The lowest BCUT2D eigenvalue weighted by atomic mass is 10.2. The van der Waals surface area contributed by atoms with Gasteiger partial charge in [-0.25, -0.2) is 13.1 Å². The first-order chi connectivity index (χ1) is 13.2. The number of fused-ring (bicyclic) bond motifs is 1. The van der Waals surface area contributed by atoms with Gasteiger partial charge in [-0.2, -0.15) is 5.10 Å². The molecule has 9 nitrogen and oxygen atoms in total. The topological polar surface area (TPSA) is 119 Å². The second-order valence-corrected chi connectivity index (χ2v) is 8.72. The van der Waals surface area contributed by atoms with Crippen molar-refractivity contribution in [3.63, 3.8) is 0 Å². The Hall–Kier alpha value is -2.88. The second-order valence-electron chi connectivity index (χ2n) is 6.65. The molecule has 2 amide bonds. The first kappa shape index (κ1) is 19.9. The van der Waals surface area contributed by atoms with E-state index < -0.39 is 21.7 Å². The quantitative estimate of drug-likeness (QED) is 0.719. The van der Waals surface area contributed by atoms with Crippen molar-refractivity contribution in [1.29, 1.82) is 0 Å². The molecule has 150 valence electrons. The van der Waals surface area contributed by atoms with Gasteiger partial charge in [0.25, 0.3) is 0 Å². The van der Waals surface area contributed by atoms with Gasteiger partial charge in [0.2, 0.25) is 0 Å². The first-order valence-corrected chi connectivity index (χ1v) is 10.6. The van der Waals surface area contributed by atoms with Crippen LogP contribution in [0.1, 0.15) is 31.5 Å². The van der Waals surface area contributed by atoms with Crippen molar-refractivity contribution in [1.82, 2.24) is 15.1 Å². The molecule has 0 spiro atoms. The van der Waals surface area contributed by atoms with Crippen LogP contribution in [0.25, 0.3) is 5.69 Å². The number of nitrogens with zero attached hydrogens (tertiary/aromatic N) is 2. The van der Waals surface area contributed by atoms with Crippen LogP contribution in [0.15, 0.2) is 24.3 Å². The van der Waals surface area contributed by atoms with E-state index >= 15 is 0 Å². The number of sulfone groups is 1. The third kappa shape index (κ3) is 4.01. The summed E-state index contributed by atoms with van der Waals surface area (Å²) >= 11 is 0. The van der Waals surface area contributed by atoms with Gasteiger partial charge in [-0.05, 0) is 37.6 Å². The summed E-state index contributed by atoms with van der Waals surface area (Å²) in [7, 11) is -1.78. The maximum Gasteiger partial charge on any atom is 0.314 e. The third-order valence-electron chi connectivity index (χ3n) is 4.53. The van der Waals surface area contributed by atoms with E-state index in [2.05, 4.69) is 15.7 Å². The minimum atomic E-state index is -3.32. The third-order valence-corrected chi connectivity index (χ3v) is 5.97. The number of anilines is 1. The van der Waals surface area contributed by atoms with Gasteiger partial charge in [-0.15, -0.1) is 0 Å². The number of amides is 2. The van der Waals surface area contributed by atoms with E-state index in [1.165, 1.54) is 4.68 Å². The largest absolute Gasteiger partial charge is 0.497 e. The number of aromatic nitrogens is 2. The number of rotatable bonds is 5. The highest BCUT2D eigenvalue weighted by Crippen LogP contribution is 2.33. The van der Waals surface area contributed by atoms with Gasteiger partial charge in [0.1, 0.15) is 11.6 Å². The van der Waals surface area contributed by atoms with Crippen LogP contribution in [-0.4, -0.2) is 43.2 Å². The number of hydrogen-bond acceptors (Lipinski definition) is 6. The lowest BCUT2D eigenvalue weighted by Gasteiger charge is -2.13. The molecule has 28 heavy (non-hydrogen) atoms. The van der Waals surface area contributed by atoms with Crippen LogP contribution in [0, 0.1) is 0 Å². The van der Waals surface area contributed by atoms with Gasteiger partial charge in [0, 0.05) is 11.6 Å². The fourth-order valence-electron chi connectivity index (χ4n) is 2.84. The van der Waals surface area contributed by atoms with E-state index in [1.807, 2.05) is 6.92 Å². The zero-order valence-corrected chi connectivity index (χ0v) is 16.7. The molecule has 2 aromatic rings. The molecule has 0 saturated carbocycles. The van der Waals surface area contributed by atoms with Gasteiger partial charge in [-0.3, -0.25) is 9.59 Å². The van der Waals surface area contributed by atoms with Crippen molar-refractivity contribution in [3.05, 3.63) is 35.5 Å². The molecule has 2 N–H and O–H groups in total. The monoisotopic (exact) mass is 406 g/mol. The van der Waals surface area contributed by atoms with Gasteiger partial charge >= 0.3 is 11.8 Å². The van der Waals surface area contributed by atoms with Gasteiger partial charge in [0.15, 0.2) is 9.84 Å². The lowest BCUT2D eigenvalue weighted by Crippen LogP contribution is -2.40. The molecule has 0 saturated heterocycles. The van der Waals surface area contributed by atoms with Crippen LogP contribution in [0.5, 0.6) is 5.75 Å². The van der Waals surface area contributed by atoms with Crippen molar-refractivity contribution in [3.8, 4) is 11.4 Å². The standard InChI is InChI=1S/C18H22N4O5S/c1-4-11(2)19-17(23)18(24)20-16-14-9-28(25,26)10-15(14)21-22(16)12-5-7-13(27-3)8-6-12/h5-8,11H,4,9-10H2,1-3H3,(H,19,23)(H,20,24). The fourth-order valence-corrected chi connectivity index (χ4v) is 4.33. The molecule has 1 unspecified atom stereocenters. The molecule has 2 heterocycles. The van der Waals surface area contributed by atoms with E-state index in [0.717, 1.165) is 0 Å². The number of hydrogen-bond donors (Lipinski definition) is 2. The van der Waals surface area contributed by atoms with Gasteiger partial charge in [-0.1, -0.05) is 6.92 Å². The molecule has 1 atom stereocenters. The summed E-state index contributed by atoms with van der Waals surface area (Å²) in [5.41, 5.74) is 1.37. The van der Waals surface area contributed by atoms with Crippen LogP contribution < -0.4 is 15.4 Å². The number of carbonyl (C=O) groups excluding carboxylic acids is 2. The van der Waals surface area contributed by atoms with E-state index in [1.54, 1.807) is 38.3 Å². The number of nitrogens with one attached hydrogen (secondary N) is 2. The summed E-state index contributed by atoms with van der Waals surface area (Å²) in [6, 6.07) is 6.74. The predicted octanol–water partition coefficient (Wildman–Crippen LogP) is 1.16. The summed E-state index contributed by atoms with van der Waals surface area (Å²) in [5, 5.41) is 9.48. The molecule has 0 fully saturated rings. The summed E-state index contributed by atoms with van der Waals surface area (Å²) in [5.74, 6) is -1.27. The highest BCUT2D eigenvalue weighted by atomic mass is 32.2. The SMILES string of the molecule is CCC(C)NC(=O)C(=O)Nc1c2c(nn1-c1ccc(OC)cc1)CS(=O)(=O)C2. The van der Waals surface area contributed by atoms with Gasteiger partial charge < -0.3 is 15.4 Å². The van der Waals surface area contributed by atoms with E-state index in [-0.39, 0.29) is 23.4 Å². The van der Waals surface area contributed by atoms with Crippen molar-refractivity contribution >= 4 is 27.5 Å². The number of ether oxygens (including phenoxy) is 1. The Morgan fingerprint density at radius 2 is 1.89 bits per heavy atom. The molecule has 0 radical (unpaired) electrons. The first-order valence-electron chi connectivity index (χ1n) is 8.81. The molecule has 1 aromatic heterocycles. The maximum absolute atomic E-state index is 12.4. The summed E-state index contributed by atoms with van der Waals surface area (Å²) in [6.07, 6.45) is 0.677.